The molecule has 0 spiro atoms. The number of hydrogen-bond acceptors (Lipinski definition) is 4. The van der Waals surface area contributed by atoms with E-state index in [0.29, 0.717) is 6.61 Å². The monoisotopic (exact) mass is 560 g/mol. The molecule has 2 aromatic rings. The topological polar surface area (TPSA) is 44.8 Å². The molecule has 4 heteroatoms. The third kappa shape index (κ3) is 12.6. The Balaban J connectivity index is 1.35. The van der Waals surface area contributed by atoms with Gasteiger partial charge in [-0.15, -0.1) is 0 Å². The highest BCUT2D eigenvalue weighted by Crippen LogP contribution is 2.30. The first-order valence-corrected chi connectivity index (χ1v) is 16.3. The van der Waals surface area contributed by atoms with Crippen LogP contribution in [0.5, 0.6) is 11.5 Å². The van der Waals surface area contributed by atoms with E-state index in [0.717, 1.165) is 62.2 Å². The molecule has 0 saturated carbocycles. The van der Waals surface area contributed by atoms with Gasteiger partial charge in [-0.05, 0) is 93.0 Å². The largest absolute Gasteiger partial charge is 0.494 e. The smallest absolute Gasteiger partial charge is 0.309 e. The van der Waals surface area contributed by atoms with Gasteiger partial charge in [-0.1, -0.05) is 89.5 Å². The van der Waals surface area contributed by atoms with Crippen LogP contribution in [0, 0.1) is 17.8 Å². The number of benzene rings is 2. The van der Waals surface area contributed by atoms with Crippen LogP contribution < -0.4 is 9.47 Å². The minimum absolute atomic E-state index is 0.00336. The van der Waals surface area contributed by atoms with E-state index >= 15 is 0 Å². The van der Waals surface area contributed by atoms with E-state index < -0.39 is 0 Å². The Morgan fingerprint density at radius 3 is 2.27 bits per heavy atom. The lowest BCUT2D eigenvalue weighted by atomic mass is 9.84. The van der Waals surface area contributed by atoms with E-state index in [1.54, 1.807) is 0 Å². The van der Waals surface area contributed by atoms with Crippen LogP contribution in [0.4, 0.5) is 0 Å². The van der Waals surface area contributed by atoms with Gasteiger partial charge in [0.05, 0.1) is 18.6 Å². The summed E-state index contributed by atoms with van der Waals surface area (Å²) in [4.78, 5) is 12.7. The van der Waals surface area contributed by atoms with Crippen LogP contribution in [0.15, 0.2) is 42.5 Å². The molecule has 0 aromatic heterocycles. The molecule has 0 N–H and O–H groups in total. The molecule has 2 aromatic carbocycles. The molecule has 224 valence electrons. The van der Waals surface area contributed by atoms with Crippen molar-refractivity contribution in [1.82, 2.24) is 0 Å². The Morgan fingerprint density at radius 2 is 1.51 bits per heavy atom. The van der Waals surface area contributed by atoms with Crippen molar-refractivity contribution in [2.24, 2.45) is 5.92 Å². The Bertz CT molecular complexity index is 1080. The van der Waals surface area contributed by atoms with E-state index in [4.69, 9.17) is 14.2 Å². The van der Waals surface area contributed by atoms with Gasteiger partial charge in [0.1, 0.15) is 18.1 Å². The highest BCUT2D eigenvalue weighted by molar-refractivity contribution is 5.73. The van der Waals surface area contributed by atoms with E-state index in [9.17, 15) is 4.79 Å². The van der Waals surface area contributed by atoms with Crippen molar-refractivity contribution in [3.63, 3.8) is 0 Å². The summed E-state index contributed by atoms with van der Waals surface area (Å²) in [7, 11) is 0. The molecule has 1 aliphatic carbocycles. The number of carbonyl (C=O) groups excluding carboxylic acids is 1. The lowest BCUT2D eigenvalue weighted by Crippen LogP contribution is -2.27. The van der Waals surface area contributed by atoms with E-state index in [1.807, 2.05) is 37.3 Å². The fraction of sp³-hybridized carbons (Fsp3) is 0.595. The maximum absolute atomic E-state index is 12.7. The zero-order valence-electron chi connectivity index (χ0n) is 25.8. The van der Waals surface area contributed by atoms with Crippen molar-refractivity contribution < 1.29 is 19.0 Å². The van der Waals surface area contributed by atoms with Crippen molar-refractivity contribution >= 4 is 5.97 Å². The average Bonchev–Trinajstić information content (AvgIpc) is 2.99. The molecule has 0 fully saturated rings. The number of esters is 1. The van der Waals surface area contributed by atoms with Crippen molar-refractivity contribution in [3.05, 3.63) is 59.2 Å². The lowest BCUT2D eigenvalue weighted by molar-refractivity contribution is -0.154. The standard InChI is InChI=1S/C37H52O4/c1-4-6-8-10-11-12-14-26-39-35-23-18-31(19-24-35)17-15-27-40-36-25-22-32-28-34(21-20-33(32)29-36)37(38)41-30(3)16-13-9-7-5-2/h18-19,22-25,29-30,34H,4-14,16,20-21,26-28H2,1-3H3/t30-,34?/m1/s1. The Hall–Kier alpha value is -2.93. The van der Waals surface area contributed by atoms with Crippen molar-refractivity contribution in [1.29, 1.82) is 0 Å². The zero-order chi connectivity index (χ0) is 29.1. The summed E-state index contributed by atoms with van der Waals surface area (Å²) >= 11 is 0. The van der Waals surface area contributed by atoms with Crippen LogP contribution in [-0.2, 0) is 22.4 Å². The maximum Gasteiger partial charge on any atom is 0.309 e. The van der Waals surface area contributed by atoms with Gasteiger partial charge >= 0.3 is 5.97 Å². The second-order valence-corrected chi connectivity index (χ2v) is 11.6. The third-order valence-electron chi connectivity index (χ3n) is 7.94. The second kappa shape index (κ2) is 19.2. The minimum Gasteiger partial charge on any atom is -0.494 e. The third-order valence-corrected chi connectivity index (χ3v) is 7.94. The Labute approximate surface area is 249 Å². The molecule has 0 saturated heterocycles. The molecule has 0 bridgehead atoms. The first kappa shape index (κ1) is 32.6. The van der Waals surface area contributed by atoms with Crippen LogP contribution in [0.25, 0.3) is 0 Å². The number of rotatable bonds is 18. The SMILES string of the molecule is CCCCCCCCCOc1ccc(C#CCOc2ccc3c(c2)CCC(C(=O)O[C@H](C)CCCCCC)C3)cc1. The molecule has 41 heavy (non-hydrogen) atoms. The van der Waals surface area contributed by atoms with Crippen LogP contribution in [0.1, 0.15) is 121 Å². The molecule has 0 heterocycles. The first-order chi connectivity index (χ1) is 20.1. The molecule has 1 aliphatic rings. The molecule has 0 amide bonds. The van der Waals surface area contributed by atoms with Crippen LogP contribution in [0.2, 0.25) is 0 Å². The van der Waals surface area contributed by atoms with Crippen molar-refractivity contribution in [2.75, 3.05) is 13.2 Å². The number of unbranched alkanes of at least 4 members (excludes halogenated alkanes) is 9. The summed E-state index contributed by atoms with van der Waals surface area (Å²) < 4.78 is 17.6. The van der Waals surface area contributed by atoms with E-state index in [2.05, 4.69) is 37.8 Å². The predicted octanol–water partition coefficient (Wildman–Crippen LogP) is 9.25. The molecular weight excluding hydrogens is 508 g/mol. The molecule has 3 rings (SSSR count). The second-order valence-electron chi connectivity index (χ2n) is 11.6. The molecule has 4 nitrogen and oxygen atoms in total. The van der Waals surface area contributed by atoms with Crippen molar-refractivity contribution in [3.8, 4) is 23.3 Å². The summed E-state index contributed by atoms with van der Waals surface area (Å²) in [6, 6.07) is 14.2. The maximum atomic E-state index is 12.7. The predicted molar refractivity (Wildman–Crippen MR) is 169 cm³/mol. The molecule has 2 atom stereocenters. The number of aryl methyl sites for hydroxylation is 1. The van der Waals surface area contributed by atoms with Gasteiger partial charge in [0.15, 0.2) is 0 Å². The van der Waals surface area contributed by atoms with Gasteiger partial charge in [0.25, 0.3) is 0 Å². The van der Waals surface area contributed by atoms with Gasteiger partial charge in [-0.2, -0.15) is 0 Å². The summed E-state index contributed by atoms with van der Waals surface area (Å²) in [5, 5.41) is 0. The van der Waals surface area contributed by atoms with Crippen LogP contribution in [-0.4, -0.2) is 25.3 Å². The Kier molecular flexibility index (Phi) is 15.3. The number of fused-ring (bicyclic) bond motifs is 1. The lowest BCUT2D eigenvalue weighted by Gasteiger charge is -2.25. The Morgan fingerprint density at radius 1 is 0.829 bits per heavy atom. The molecular formula is C37H52O4. The van der Waals surface area contributed by atoms with Crippen LogP contribution >= 0.6 is 0 Å². The highest BCUT2D eigenvalue weighted by atomic mass is 16.5. The fourth-order valence-electron chi connectivity index (χ4n) is 5.38. The van der Waals surface area contributed by atoms with Gasteiger partial charge in [0, 0.05) is 5.56 Å². The van der Waals surface area contributed by atoms with Crippen molar-refractivity contribution in [2.45, 2.75) is 123 Å². The normalized spacial score (nSPS) is 14.9. The summed E-state index contributed by atoms with van der Waals surface area (Å²) in [5.74, 6) is 7.94. The summed E-state index contributed by atoms with van der Waals surface area (Å²) in [5.41, 5.74) is 3.44. The zero-order valence-corrected chi connectivity index (χ0v) is 25.8. The average molecular weight is 561 g/mol. The van der Waals surface area contributed by atoms with Gasteiger partial charge in [0.2, 0.25) is 0 Å². The molecule has 0 radical (unpaired) electrons. The first-order valence-electron chi connectivity index (χ1n) is 16.3. The fourth-order valence-corrected chi connectivity index (χ4v) is 5.38. The quantitative estimate of drug-likeness (QED) is 0.104. The van der Waals surface area contributed by atoms with Gasteiger partial charge in [-0.3, -0.25) is 4.79 Å². The summed E-state index contributed by atoms with van der Waals surface area (Å²) in [6.07, 6.45) is 17.2. The number of ether oxygens (including phenoxy) is 3. The summed E-state index contributed by atoms with van der Waals surface area (Å²) in [6.45, 7) is 7.60. The molecule has 1 unspecified atom stereocenters. The highest BCUT2D eigenvalue weighted by Gasteiger charge is 2.27. The van der Waals surface area contributed by atoms with Gasteiger partial charge in [-0.25, -0.2) is 0 Å². The van der Waals surface area contributed by atoms with Crippen LogP contribution in [0.3, 0.4) is 0 Å². The number of carbonyl (C=O) groups is 1. The van der Waals surface area contributed by atoms with E-state index in [1.165, 1.54) is 68.9 Å². The van der Waals surface area contributed by atoms with Gasteiger partial charge < -0.3 is 14.2 Å². The minimum atomic E-state index is -0.0460. The van der Waals surface area contributed by atoms with E-state index in [-0.39, 0.29) is 18.0 Å². The molecule has 0 aliphatic heterocycles. The number of hydrogen-bond donors (Lipinski definition) is 0.